The van der Waals surface area contributed by atoms with Crippen LogP contribution in [-0.4, -0.2) is 35.7 Å². The Kier molecular flexibility index (Phi) is 11.8. The van der Waals surface area contributed by atoms with Gasteiger partial charge in [-0.15, -0.1) is 24.0 Å². The van der Waals surface area contributed by atoms with Gasteiger partial charge in [-0.25, -0.2) is 9.98 Å². The maximum Gasteiger partial charge on any atom is 0.216 e. The molecule has 0 radical (unpaired) electrons. The van der Waals surface area contributed by atoms with Crippen molar-refractivity contribution in [3.05, 3.63) is 41.9 Å². The van der Waals surface area contributed by atoms with Crippen LogP contribution in [0.3, 0.4) is 0 Å². The third-order valence-corrected chi connectivity index (χ3v) is 4.40. The first-order valence-corrected chi connectivity index (χ1v) is 9.81. The number of halogens is 1. The first-order chi connectivity index (χ1) is 13.2. The van der Waals surface area contributed by atoms with Gasteiger partial charge in [0.05, 0.1) is 6.20 Å². The molecule has 0 spiro atoms. The number of nitrogens with zero attached hydrogens (tertiary/aromatic N) is 2. The molecule has 1 heterocycles. The van der Waals surface area contributed by atoms with Gasteiger partial charge >= 0.3 is 0 Å². The predicted molar refractivity (Wildman–Crippen MR) is 125 cm³/mol. The Labute approximate surface area is 185 Å². The molecule has 0 aliphatic carbocycles. The van der Waals surface area contributed by atoms with E-state index in [2.05, 4.69) is 46.6 Å². The first-order valence-electron chi connectivity index (χ1n) is 9.81. The van der Waals surface area contributed by atoms with Gasteiger partial charge in [-0.05, 0) is 32.6 Å². The summed E-state index contributed by atoms with van der Waals surface area (Å²) in [6, 6.07) is 8.18. The summed E-state index contributed by atoms with van der Waals surface area (Å²) in [5.41, 5.74) is 2.23. The third-order valence-electron chi connectivity index (χ3n) is 4.40. The molecule has 0 bridgehead atoms. The van der Waals surface area contributed by atoms with Crippen molar-refractivity contribution < 1.29 is 9.52 Å². The summed E-state index contributed by atoms with van der Waals surface area (Å²) in [5, 5.41) is 15.8. The Morgan fingerprint density at radius 3 is 2.57 bits per heavy atom. The number of aliphatic imine (C=N–C) groups is 1. The van der Waals surface area contributed by atoms with E-state index in [0.29, 0.717) is 18.4 Å². The molecule has 0 saturated heterocycles. The number of hydrogen-bond donors (Lipinski definition) is 3. The zero-order valence-electron chi connectivity index (χ0n) is 17.1. The van der Waals surface area contributed by atoms with Gasteiger partial charge in [0.2, 0.25) is 5.89 Å². The van der Waals surface area contributed by atoms with Crippen LogP contribution in [-0.2, 0) is 6.54 Å². The second kappa shape index (κ2) is 13.5. The molecule has 6 nitrogen and oxygen atoms in total. The van der Waals surface area contributed by atoms with Gasteiger partial charge in [-0.1, -0.05) is 43.2 Å². The number of aliphatic hydroxyl groups excluding tert-OH is 1. The zero-order valence-corrected chi connectivity index (χ0v) is 19.4. The van der Waals surface area contributed by atoms with E-state index in [4.69, 9.17) is 4.42 Å². The second-order valence-electron chi connectivity index (χ2n) is 6.73. The Morgan fingerprint density at radius 1 is 1.18 bits per heavy atom. The van der Waals surface area contributed by atoms with Crippen LogP contribution < -0.4 is 10.6 Å². The molecule has 1 unspecified atom stereocenters. The van der Waals surface area contributed by atoms with Crippen LogP contribution >= 0.6 is 24.0 Å². The maximum absolute atomic E-state index is 9.20. The highest BCUT2D eigenvalue weighted by Crippen LogP contribution is 2.21. The van der Waals surface area contributed by atoms with Crippen molar-refractivity contribution in [1.29, 1.82) is 0 Å². The van der Waals surface area contributed by atoms with Gasteiger partial charge in [0.25, 0.3) is 0 Å². The Bertz CT molecular complexity index is 695. The van der Waals surface area contributed by atoms with Gasteiger partial charge in [-0.3, -0.25) is 0 Å². The van der Waals surface area contributed by atoms with E-state index in [1.165, 1.54) is 5.56 Å². The monoisotopic (exact) mass is 500 g/mol. The van der Waals surface area contributed by atoms with Gasteiger partial charge in [0.15, 0.2) is 11.7 Å². The lowest BCUT2D eigenvalue weighted by Gasteiger charge is -2.18. The lowest BCUT2D eigenvalue weighted by molar-refractivity contribution is 0.251. The number of benzene rings is 1. The molecule has 0 fully saturated rings. The predicted octanol–water partition coefficient (Wildman–Crippen LogP) is 4.12. The molecule has 1 aromatic heterocycles. The van der Waals surface area contributed by atoms with Gasteiger partial charge in [-0.2, -0.15) is 0 Å². The highest BCUT2D eigenvalue weighted by Gasteiger charge is 2.09. The Hall–Kier alpha value is -1.61. The van der Waals surface area contributed by atoms with Crippen molar-refractivity contribution in [2.24, 2.45) is 10.9 Å². The van der Waals surface area contributed by atoms with Crippen molar-refractivity contribution in [1.82, 2.24) is 15.6 Å². The summed E-state index contributed by atoms with van der Waals surface area (Å²) in [6.07, 6.45) is 4.75. The van der Waals surface area contributed by atoms with Gasteiger partial charge < -0.3 is 20.2 Å². The van der Waals surface area contributed by atoms with E-state index in [1.807, 2.05) is 19.1 Å². The van der Waals surface area contributed by atoms with Crippen LogP contribution in [0.4, 0.5) is 0 Å². The van der Waals surface area contributed by atoms with Crippen LogP contribution in [0.25, 0.3) is 11.3 Å². The lowest BCUT2D eigenvalue weighted by atomic mass is 10.0. The Morgan fingerprint density at radius 2 is 1.93 bits per heavy atom. The minimum Gasteiger partial charge on any atom is -0.439 e. The number of aliphatic hydroxyl groups is 1. The largest absolute Gasteiger partial charge is 0.439 e. The van der Waals surface area contributed by atoms with Crippen LogP contribution in [0.1, 0.15) is 44.6 Å². The average Bonchev–Trinajstić information content (AvgIpc) is 3.14. The van der Waals surface area contributed by atoms with Crippen molar-refractivity contribution in [2.45, 2.75) is 46.6 Å². The molecule has 28 heavy (non-hydrogen) atoms. The van der Waals surface area contributed by atoms with Crippen molar-refractivity contribution >= 4 is 29.9 Å². The summed E-state index contributed by atoms with van der Waals surface area (Å²) >= 11 is 0. The third kappa shape index (κ3) is 8.18. The zero-order chi connectivity index (χ0) is 19.5. The molecule has 1 atom stereocenters. The van der Waals surface area contributed by atoms with E-state index >= 15 is 0 Å². The van der Waals surface area contributed by atoms with E-state index in [-0.39, 0.29) is 30.6 Å². The average molecular weight is 500 g/mol. The standard InChI is InChI=1S/C21H32N4O2.HI/c1-4-6-17(11-12-26)13-24-21(22-5-2)25-15-20-23-14-19(27-20)18-9-7-16(3)8-10-18;/h7-10,14,17,26H,4-6,11-13,15H2,1-3H3,(H2,22,24,25);1H. The van der Waals surface area contributed by atoms with Crippen molar-refractivity contribution in [2.75, 3.05) is 19.7 Å². The number of aromatic nitrogens is 1. The summed E-state index contributed by atoms with van der Waals surface area (Å²) in [5.74, 6) is 2.53. The van der Waals surface area contributed by atoms with E-state index in [9.17, 15) is 5.11 Å². The number of guanidine groups is 1. The number of rotatable bonds is 10. The minimum atomic E-state index is 0. The lowest BCUT2D eigenvalue weighted by Crippen LogP contribution is -2.40. The van der Waals surface area contributed by atoms with E-state index in [0.717, 1.165) is 49.6 Å². The fourth-order valence-corrected chi connectivity index (χ4v) is 2.90. The van der Waals surface area contributed by atoms with Crippen LogP contribution in [0.5, 0.6) is 0 Å². The number of aryl methyl sites for hydroxylation is 1. The smallest absolute Gasteiger partial charge is 0.216 e. The molecule has 0 amide bonds. The van der Waals surface area contributed by atoms with Crippen LogP contribution in [0.15, 0.2) is 39.9 Å². The highest BCUT2D eigenvalue weighted by molar-refractivity contribution is 14.0. The summed E-state index contributed by atoms with van der Waals surface area (Å²) in [7, 11) is 0. The van der Waals surface area contributed by atoms with Crippen molar-refractivity contribution in [3.63, 3.8) is 0 Å². The van der Waals surface area contributed by atoms with E-state index < -0.39 is 0 Å². The normalized spacial score (nSPS) is 12.4. The number of nitrogens with one attached hydrogen (secondary N) is 2. The molecule has 7 heteroatoms. The molecule has 0 aliphatic rings. The second-order valence-corrected chi connectivity index (χ2v) is 6.73. The number of hydrogen-bond acceptors (Lipinski definition) is 4. The topological polar surface area (TPSA) is 82.7 Å². The maximum atomic E-state index is 9.20. The summed E-state index contributed by atoms with van der Waals surface area (Å²) < 4.78 is 5.83. The molecular weight excluding hydrogens is 467 g/mol. The Balaban J connectivity index is 0.00000392. The molecule has 156 valence electrons. The molecule has 1 aromatic carbocycles. The number of oxazole rings is 1. The quantitative estimate of drug-likeness (QED) is 0.260. The minimum absolute atomic E-state index is 0. The molecular formula is C21H33IN4O2. The first kappa shape index (κ1) is 24.4. The van der Waals surface area contributed by atoms with Crippen molar-refractivity contribution in [3.8, 4) is 11.3 Å². The summed E-state index contributed by atoms with van der Waals surface area (Å²) in [6.45, 7) is 8.43. The molecule has 0 saturated carbocycles. The fourth-order valence-electron chi connectivity index (χ4n) is 2.90. The van der Waals surface area contributed by atoms with Crippen LogP contribution in [0.2, 0.25) is 0 Å². The van der Waals surface area contributed by atoms with Crippen LogP contribution in [0, 0.1) is 12.8 Å². The molecule has 2 aromatic rings. The highest BCUT2D eigenvalue weighted by atomic mass is 127. The summed E-state index contributed by atoms with van der Waals surface area (Å²) in [4.78, 5) is 8.91. The molecule has 3 N–H and O–H groups in total. The molecule has 2 rings (SSSR count). The molecule has 0 aliphatic heterocycles. The van der Waals surface area contributed by atoms with Gasteiger partial charge in [0.1, 0.15) is 6.54 Å². The van der Waals surface area contributed by atoms with E-state index in [1.54, 1.807) is 6.20 Å². The van der Waals surface area contributed by atoms with Gasteiger partial charge in [0, 0.05) is 25.3 Å². The SMILES string of the molecule is CCCC(CCO)CNC(=NCc1ncc(-c2ccc(C)cc2)o1)NCC.I. The fraction of sp³-hybridized carbons (Fsp3) is 0.524.